The van der Waals surface area contributed by atoms with E-state index in [2.05, 4.69) is 5.92 Å². The second kappa shape index (κ2) is 5.67. The van der Waals surface area contributed by atoms with Crippen molar-refractivity contribution >= 4 is 11.6 Å². The van der Waals surface area contributed by atoms with Crippen molar-refractivity contribution in [2.24, 2.45) is 10.8 Å². The van der Waals surface area contributed by atoms with Crippen LogP contribution in [0.5, 0.6) is 0 Å². The summed E-state index contributed by atoms with van der Waals surface area (Å²) in [7, 11) is 1.55. The maximum atomic E-state index is 12.6. The summed E-state index contributed by atoms with van der Waals surface area (Å²) in [5.41, 5.74) is -1.56. The van der Waals surface area contributed by atoms with E-state index in [1.807, 2.05) is 6.92 Å². The highest BCUT2D eigenvalue weighted by atomic mass is 16.7. The molecule has 0 radical (unpaired) electrons. The van der Waals surface area contributed by atoms with E-state index in [-0.39, 0.29) is 24.5 Å². The van der Waals surface area contributed by atoms with Crippen LogP contribution in [0, 0.1) is 23.2 Å². The van der Waals surface area contributed by atoms with Gasteiger partial charge >= 0.3 is 0 Å². The van der Waals surface area contributed by atoms with Crippen molar-refractivity contribution in [1.29, 1.82) is 0 Å². The van der Waals surface area contributed by atoms with Crippen molar-refractivity contribution in [1.82, 2.24) is 0 Å². The van der Waals surface area contributed by atoms with E-state index in [1.54, 1.807) is 7.11 Å². The first kappa shape index (κ1) is 15.2. The zero-order chi connectivity index (χ0) is 14.8. The van der Waals surface area contributed by atoms with Gasteiger partial charge in [-0.05, 0) is 19.3 Å². The largest absolute Gasteiger partial charge is 0.359 e. The summed E-state index contributed by atoms with van der Waals surface area (Å²) in [6.07, 6.45) is 8.50. The summed E-state index contributed by atoms with van der Waals surface area (Å²) in [6, 6.07) is 0. The van der Waals surface area contributed by atoms with Gasteiger partial charge in [-0.15, -0.1) is 12.3 Å². The predicted molar refractivity (Wildman–Crippen MR) is 73.8 cm³/mol. The molecule has 4 heteroatoms. The molecule has 2 aliphatic carbocycles. The Bertz CT molecular complexity index is 450. The van der Waals surface area contributed by atoms with Gasteiger partial charge in [0, 0.05) is 26.4 Å². The van der Waals surface area contributed by atoms with E-state index < -0.39 is 10.8 Å². The molecule has 1 spiro atoms. The predicted octanol–water partition coefficient (Wildman–Crippen LogP) is 2.11. The SMILES string of the molecule is C#CC[C@]1(C)C(=O)CC[C@H](OCOC)[C@@]12CCCC2=O. The van der Waals surface area contributed by atoms with E-state index >= 15 is 0 Å². The zero-order valence-corrected chi connectivity index (χ0v) is 12.2. The van der Waals surface area contributed by atoms with Crippen LogP contribution < -0.4 is 0 Å². The molecular formula is C16H22O4. The van der Waals surface area contributed by atoms with Crippen LogP contribution in [0.4, 0.5) is 0 Å². The Hall–Kier alpha value is -1.18. The Balaban J connectivity index is 2.44. The number of carbonyl (C=O) groups is 2. The smallest absolute Gasteiger partial charge is 0.146 e. The lowest BCUT2D eigenvalue weighted by Gasteiger charge is -2.51. The minimum absolute atomic E-state index is 0.1000. The van der Waals surface area contributed by atoms with Gasteiger partial charge in [0.15, 0.2) is 0 Å². The van der Waals surface area contributed by atoms with Crippen LogP contribution in [0.15, 0.2) is 0 Å². The molecule has 0 aromatic heterocycles. The first-order chi connectivity index (χ1) is 9.53. The van der Waals surface area contributed by atoms with E-state index in [9.17, 15) is 9.59 Å². The van der Waals surface area contributed by atoms with Crippen LogP contribution in [0.1, 0.15) is 45.4 Å². The lowest BCUT2D eigenvalue weighted by molar-refractivity contribution is -0.185. The molecule has 0 N–H and O–H groups in total. The van der Waals surface area contributed by atoms with E-state index in [0.29, 0.717) is 32.1 Å². The third kappa shape index (κ3) is 2.01. The molecule has 0 heterocycles. The van der Waals surface area contributed by atoms with Crippen LogP contribution in [-0.4, -0.2) is 31.6 Å². The maximum absolute atomic E-state index is 12.6. The molecule has 2 saturated carbocycles. The number of rotatable bonds is 4. The minimum atomic E-state index is -0.800. The van der Waals surface area contributed by atoms with Crippen LogP contribution in [0.2, 0.25) is 0 Å². The fourth-order valence-electron chi connectivity index (χ4n) is 4.04. The van der Waals surface area contributed by atoms with Crippen molar-refractivity contribution in [3.63, 3.8) is 0 Å². The van der Waals surface area contributed by atoms with E-state index in [4.69, 9.17) is 15.9 Å². The van der Waals surface area contributed by atoms with E-state index in [0.717, 1.165) is 6.42 Å². The molecule has 2 aliphatic rings. The quantitative estimate of drug-likeness (QED) is 0.584. The van der Waals surface area contributed by atoms with Crippen molar-refractivity contribution < 1.29 is 19.1 Å². The summed E-state index contributed by atoms with van der Waals surface area (Å²) in [5, 5.41) is 0. The van der Waals surface area contributed by atoms with Gasteiger partial charge in [0.2, 0.25) is 0 Å². The molecule has 110 valence electrons. The topological polar surface area (TPSA) is 52.6 Å². The maximum Gasteiger partial charge on any atom is 0.146 e. The molecule has 0 amide bonds. The molecule has 0 bridgehead atoms. The second-order valence-electron chi connectivity index (χ2n) is 5.98. The highest BCUT2D eigenvalue weighted by Crippen LogP contribution is 2.58. The van der Waals surface area contributed by atoms with Gasteiger partial charge in [-0.25, -0.2) is 0 Å². The highest BCUT2D eigenvalue weighted by molar-refractivity contribution is 5.98. The van der Waals surface area contributed by atoms with E-state index in [1.165, 1.54) is 0 Å². The molecule has 2 fully saturated rings. The van der Waals surface area contributed by atoms with Crippen LogP contribution in [-0.2, 0) is 19.1 Å². The zero-order valence-electron chi connectivity index (χ0n) is 12.2. The number of ether oxygens (including phenoxy) is 2. The summed E-state index contributed by atoms with van der Waals surface area (Å²) >= 11 is 0. The Morgan fingerprint density at radius 2 is 2.10 bits per heavy atom. The van der Waals surface area contributed by atoms with Crippen molar-refractivity contribution in [2.45, 2.75) is 51.6 Å². The molecule has 0 aliphatic heterocycles. The van der Waals surface area contributed by atoms with Crippen molar-refractivity contribution in [3.8, 4) is 12.3 Å². The average molecular weight is 278 g/mol. The number of ketones is 2. The molecule has 4 nitrogen and oxygen atoms in total. The summed E-state index contributed by atoms with van der Waals surface area (Å²) in [4.78, 5) is 25.1. The number of hydrogen-bond donors (Lipinski definition) is 0. The molecule has 0 aromatic carbocycles. The fraction of sp³-hybridized carbons (Fsp3) is 0.750. The number of carbonyl (C=O) groups excluding carboxylic acids is 2. The molecule has 0 aromatic rings. The third-order valence-electron chi connectivity index (χ3n) is 5.10. The lowest BCUT2D eigenvalue weighted by Crippen LogP contribution is -2.59. The van der Waals surface area contributed by atoms with Crippen LogP contribution in [0.3, 0.4) is 0 Å². The fourth-order valence-corrected chi connectivity index (χ4v) is 4.04. The molecular weight excluding hydrogens is 256 g/mol. The van der Waals surface area contributed by atoms with Crippen molar-refractivity contribution in [3.05, 3.63) is 0 Å². The molecule has 20 heavy (non-hydrogen) atoms. The monoisotopic (exact) mass is 278 g/mol. The Morgan fingerprint density at radius 1 is 1.35 bits per heavy atom. The summed E-state index contributed by atoms with van der Waals surface area (Å²) in [6.45, 7) is 1.99. The third-order valence-corrected chi connectivity index (χ3v) is 5.10. The van der Waals surface area contributed by atoms with Crippen molar-refractivity contribution in [2.75, 3.05) is 13.9 Å². The Morgan fingerprint density at radius 3 is 2.65 bits per heavy atom. The highest BCUT2D eigenvalue weighted by Gasteiger charge is 2.64. The summed E-state index contributed by atoms with van der Waals surface area (Å²) < 4.78 is 10.7. The molecule has 3 atom stereocenters. The molecule has 2 rings (SSSR count). The first-order valence-electron chi connectivity index (χ1n) is 7.13. The van der Waals surface area contributed by atoms with Gasteiger partial charge in [-0.2, -0.15) is 0 Å². The van der Waals surface area contributed by atoms with Gasteiger partial charge in [0.05, 0.1) is 16.9 Å². The number of Topliss-reactive ketones (excluding diaryl/α,β-unsaturated/α-hetero) is 2. The molecule has 0 unspecified atom stereocenters. The second-order valence-corrected chi connectivity index (χ2v) is 5.98. The van der Waals surface area contributed by atoms with Crippen LogP contribution in [0.25, 0.3) is 0 Å². The Kier molecular flexibility index (Phi) is 4.31. The lowest BCUT2D eigenvalue weighted by atomic mass is 9.52. The van der Waals surface area contributed by atoms with Gasteiger partial charge < -0.3 is 9.47 Å². The van der Waals surface area contributed by atoms with Gasteiger partial charge in [-0.1, -0.05) is 6.92 Å². The van der Waals surface area contributed by atoms with Gasteiger partial charge in [0.25, 0.3) is 0 Å². The normalized spacial score (nSPS) is 37.4. The minimum Gasteiger partial charge on any atom is -0.359 e. The number of terminal acetylenes is 1. The van der Waals surface area contributed by atoms with Gasteiger partial charge in [-0.3, -0.25) is 9.59 Å². The number of methoxy groups -OCH3 is 1. The standard InChI is InChI=1S/C16H22O4/c1-4-9-15(2)12(17)7-8-14(20-11-19-3)16(15)10-5-6-13(16)18/h1,14H,5-11H2,2-3H3/t14-,15+,16-/m0/s1. The van der Waals surface area contributed by atoms with Gasteiger partial charge in [0.1, 0.15) is 18.4 Å². The first-order valence-corrected chi connectivity index (χ1v) is 7.13. The summed E-state index contributed by atoms with van der Waals surface area (Å²) in [5.74, 6) is 2.83. The molecule has 0 saturated heterocycles. The average Bonchev–Trinajstić information content (AvgIpc) is 2.80. The Labute approximate surface area is 120 Å². The van der Waals surface area contributed by atoms with Crippen LogP contribution >= 0.6 is 0 Å². The number of hydrogen-bond acceptors (Lipinski definition) is 4.